The third-order valence-electron chi connectivity index (χ3n) is 5.25. The summed E-state index contributed by atoms with van der Waals surface area (Å²) >= 11 is 0.891. The molecule has 0 radical (unpaired) electrons. The molecule has 1 saturated heterocycles. The average molecular weight is 463 g/mol. The quantitative estimate of drug-likeness (QED) is 0.465. The Hall–Kier alpha value is -2.69. The minimum atomic E-state index is -1.20. The molecule has 2 amide bonds. The highest BCUT2D eigenvalue weighted by molar-refractivity contribution is 7.11. The van der Waals surface area contributed by atoms with Crippen molar-refractivity contribution in [3.05, 3.63) is 40.5 Å². The Labute approximate surface area is 191 Å². The third kappa shape index (κ3) is 6.91. The largest absolute Gasteiger partial charge is 0.477 e. The van der Waals surface area contributed by atoms with Crippen molar-refractivity contribution < 1.29 is 24.2 Å². The number of aryl methyl sites for hydroxylation is 2. The van der Waals surface area contributed by atoms with E-state index in [-0.39, 0.29) is 23.1 Å². The molecular weight excluding hydrogens is 432 g/mol. The molecule has 3 N–H and O–H groups in total. The van der Waals surface area contributed by atoms with Gasteiger partial charge < -0.3 is 19.9 Å². The van der Waals surface area contributed by atoms with Gasteiger partial charge in [0.1, 0.15) is 11.6 Å². The van der Waals surface area contributed by atoms with Crippen molar-refractivity contribution in [2.45, 2.75) is 33.3 Å². The van der Waals surface area contributed by atoms with Crippen LogP contribution in [0.25, 0.3) is 0 Å². The highest BCUT2D eigenvalue weighted by Crippen LogP contribution is 2.31. The second-order valence-electron chi connectivity index (χ2n) is 7.76. The highest BCUT2D eigenvalue weighted by Gasteiger charge is 2.23. The smallest absolute Gasteiger partial charge is 0.344 e. The lowest BCUT2D eigenvalue weighted by atomic mass is 10.1. The molecule has 3 rings (SSSR count). The fraction of sp³-hybridized carbons (Fsp3) is 0.500. The van der Waals surface area contributed by atoms with Gasteiger partial charge in [0, 0.05) is 19.6 Å². The molecule has 174 valence electrons. The van der Waals surface area contributed by atoms with Gasteiger partial charge in [-0.2, -0.15) is 4.37 Å². The van der Waals surface area contributed by atoms with Gasteiger partial charge in [-0.25, -0.2) is 9.59 Å². The van der Waals surface area contributed by atoms with Crippen LogP contribution in [0.1, 0.15) is 39.9 Å². The summed E-state index contributed by atoms with van der Waals surface area (Å²) in [6, 6.07) is 5.51. The first-order valence-electron chi connectivity index (χ1n) is 10.7. The number of hydrogen-bond donors (Lipinski definition) is 3. The number of carboxylic acid groups (broad SMARTS) is 1. The van der Waals surface area contributed by atoms with E-state index in [2.05, 4.69) is 19.9 Å². The average Bonchev–Trinajstić information content (AvgIpc) is 3.16. The van der Waals surface area contributed by atoms with E-state index in [0.717, 1.165) is 73.9 Å². The molecule has 1 aromatic heterocycles. The Morgan fingerprint density at radius 3 is 2.75 bits per heavy atom. The van der Waals surface area contributed by atoms with Gasteiger partial charge in [0.15, 0.2) is 5.56 Å². The third-order valence-corrected chi connectivity index (χ3v) is 6.00. The Bertz CT molecular complexity index is 927. The maximum Gasteiger partial charge on any atom is 0.344 e. The van der Waals surface area contributed by atoms with Gasteiger partial charge in [0.2, 0.25) is 5.88 Å². The number of anilines is 1. The molecule has 1 fully saturated rings. The number of unbranched alkanes of at least 4 members (excludes halogenated alkanes) is 1. The van der Waals surface area contributed by atoms with Gasteiger partial charge in [-0.05, 0) is 55.9 Å². The molecule has 0 atom stereocenters. The number of urea groups is 1. The zero-order chi connectivity index (χ0) is 22.9. The maximum atomic E-state index is 12.2. The van der Waals surface area contributed by atoms with Crippen molar-refractivity contribution >= 4 is 28.5 Å². The Morgan fingerprint density at radius 1 is 1.25 bits per heavy atom. The van der Waals surface area contributed by atoms with E-state index in [1.54, 1.807) is 0 Å². The lowest BCUT2D eigenvalue weighted by molar-refractivity contribution is 0.0372. The van der Waals surface area contributed by atoms with E-state index >= 15 is 0 Å². The molecule has 0 bridgehead atoms. The maximum absolute atomic E-state index is 12.2. The molecule has 0 saturated carbocycles. The number of carboxylic acids is 1. The zero-order valence-corrected chi connectivity index (χ0v) is 19.3. The van der Waals surface area contributed by atoms with Crippen LogP contribution in [0.4, 0.5) is 9.80 Å². The van der Waals surface area contributed by atoms with E-state index < -0.39 is 12.0 Å². The van der Waals surface area contributed by atoms with Gasteiger partial charge in [-0.1, -0.05) is 23.8 Å². The van der Waals surface area contributed by atoms with Crippen LogP contribution in [-0.2, 0) is 11.3 Å². The van der Waals surface area contributed by atoms with E-state index in [4.69, 9.17) is 9.47 Å². The SMILES string of the molecule is Cc1ccc(COc2nsc(NC(=O)NCCCCN3CCOCC3)c2C(=O)O)c(C)c1. The van der Waals surface area contributed by atoms with Crippen LogP contribution in [0.2, 0.25) is 0 Å². The zero-order valence-electron chi connectivity index (χ0n) is 18.5. The number of rotatable bonds is 10. The Morgan fingerprint density at radius 2 is 2.03 bits per heavy atom. The Balaban J connectivity index is 1.47. The van der Waals surface area contributed by atoms with Crippen molar-refractivity contribution in [2.75, 3.05) is 44.7 Å². The van der Waals surface area contributed by atoms with E-state index in [1.807, 2.05) is 32.0 Å². The minimum Gasteiger partial charge on any atom is -0.477 e. The monoisotopic (exact) mass is 462 g/mol. The molecule has 1 aromatic carbocycles. The van der Waals surface area contributed by atoms with E-state index in [1.165, 1.54) is 0 Å². The van der Waals surface area contributed by atoms with Crippen LogP contribution in [0.3, 0.4) is 0 Å². The van der Waals surface area contributed by atoms with Crippen LogP contribution in [0, 0.1) is 13.8 Å². The number of nitrogens with zero attached hydrogens (tertiary/aromatic N) is 2. The van der Waals surface area contributed by atoms with Crippen molar-refractivity contribution in [3.63, 3.8) is 0 Å². The normalized spacial score (nSPS) is 14.2. The summed E-state index contributed by atoms with van der Waals surface area (Å²) in [5.74, 6) is -1.20. The number of carbonyl (C=O) groups is 2. The van der Waals surface area contributed by atoms with E-state index in [0.29, 0.717) is 6.54 Å². The van der Waals surface area contributed by atoms with Crippen LogP contribution >= 0.6 is 11.5 Å². The number of ether oxygens (including phenoxy) is 2. The molecular formula is C22H30N4O5S. The Kier molecular flexibility index (Phi) is 8.83. The van der Waals surface area contributed by atoms with Crippen LogP contribution < -0.4 is 15.4 Å². The van der Waals surface area contributed by atoms with Gasteiger partial charge in [0.25, 0.3) is 0 Å². The highest BCUT2D eigenvalue weighted by atomic mass is 32.1. The van der Waals surface area contributed by atoms with Crippen molar-refractivity contribution in [2.24, 2.45) is 0 Å². The van der Waals surface area contributed by atoms with Crippen molar-refractivity contribution in [1.29, 1.82) is 0 Å². The van der Waals surface area contributed by atoms with Crippen molar-refractivity contribution in [1.82, 2.24) is 14.6 Å². The second-order valence-corrected chi connectivity index (χ2v) is 8.53. The van der Waals surface area contributed by atoms with Crippen LogP contribution in [0.15, 0.2) is 18.2 Å². The molecule has 9 nitrogen and oxygen atoms in total. The molecule has 2 aromatic rings. The number of carbonyl (C=O) groups excluding carboxylic acids is 1. The molecule has 0 spiro atoms. The summed E-state index contributed by atoms with van der Waals surface area (Å²) in [6.45, 7) is 9.12. The molecule has 10 heteroatoms. The van der Waals surface area contributed by atoms with Gasteiger partial charge in [-0.3, -0.25) is 10.2 Å². The lowest BCUT2D eigenvalue weighted by Crippen LogP contribution is -2.37. The van der Waals surface area contributed by atoms with Crippen LogP contribution in [0.5, 0.6) is 5.88 Å². The number of amides is 2. The summed E-state index contributed by atoms with van der Waals surface area (Å²) in [4.78, 5) is 26.3. The number of benzene rings is 1. The number of morpholine rings is 1. The first kappa shape index (κ1) is 24.0. The number of aromatic carboxylic acids is 1. The van der Waals surface area contributed by atoms with Crippen molar-refractivity contribution in [3.8, 4) is 5.88 Å². The standard InChI is InChI=1S/C22H30N4O5S/c1-15-5-6-17(16(2)13-15)14-31-19-18(21(27)28)20(32-25-19)24-22(29)23-7-3-4-8-26-9-11-30-12-10-26/h5-6,13H,3-4,7-12,14H2,1-2H3,(H,27,28)(H2,23,24,29). The summed E-state index contributed by atoms with van der Waals surface area (Å²) in [5, 5.41) is 15.1. The predicted molar refractivity (Wildman–Crippen MR) is 123 cm³/mol. The molecule has 1 aliphatic rings. The second kappa shape index (κ2) is 11.8. The number of aromatic nitrogens is 1. The molecule has 32 heavy (non-hydrogen) atoms. The minimum absolute atomic E-state index is 0.00304. The number of nitrogens with one attached hydrogen (secondary N) is 2. The predicted octanol–water partition coefficient (Wildman–Crippen LogP) is 3.27. The van der Waals surface area contributed by atoms with Gasteiger partial charge in [-0.15, -0.1) is 0 Å². The first-order chi connectivity index (χ1) is 15.4. The number of hydrogen-bond acceptors (Lipinski definition) is 7. The van der Waals surface area contributed by atoms with Gasteiger partial charge >= 0.3 is 12.0 Å². The molecule has 0 aliphatic carbocycles. The lowest BCUT2D eigenvalue weighted by Gasteiger charge is -2.26. The fourth-order valence-corrected chi connectivity index (χ4v) is 4.16. The molecule has 1 aliphatic heterocycles. The fourth-order valence-electron chi connectivity index (χ4n) is 3.44. The first-order valence-corrected chi connectivity index (χ1v) is 11.5. The topological polar surface area (TPSA) is 113 Å². The van der Waals surface area contributed by atoms with E-state index in [9.17, 15) is 14.7 Å². The summed E-state index contributed by atoms with van der Waals surface area (Å²) in [6.07, 6.45) is 1.81. The van der Waals surface area contributed by atoms with Crippen LogP contribution in [-0.4, -0.2) is 65.8 Å². The summed E-state index contributed by atoms with van der Waals surface area (Å²) in [7, 11) is 0. The van der Waals surface area contributed by atoms with Gasteiger partial charge in [0.05, 0.1) is 13.2 Å². The summed E-state index contributed by atoms with van der Waals surface area (Å²) < 4.78 is 15.1. The molecule has 0 unspecified atom stereocenters. The molecule has 2 heterocycles. The summed E-state index contributed by atoms with van der Waals surface area (Å²) in [5.41, 5.74) is 3.01.